The standard InChI is InChI=1S/C13H13ClO2/c14-8-11(15)9-16-13-7-3-5-10-4-1-2-6-12(10)13/h1-7,11,15H,8-9H2/t11-/m1/s1. The molecular weight excluding hydrogens is 224 g/mol. The number of hydrogen-bond donors (Lipinski definition) is 1. The third-order valence-electron chi connectivity index (χ3n) is 2.36. The number of halogens is 1. The number of fused-ring (bicyclic) bond motifs is 1. The molecule has 0 saturated carbocycles. The SMILES string of the molecule is O[C@H](CCl)COc1cccc2ccccc12. The first-order chi connectivity index (χ1) is 7.81. The Labute approximate surface area is 99.4 Å². The number of aliphatic hydroxyl groups is 1. The lowest BCUT2D eigenvalue weighted by molar-refractivity contribution is 0.126. The summed E-state index contributed by atoms with van der Waals surface area (Å²) < 4.78 is 5.54. The first kappa shape index (κ1) is 11.2. The van der Waals surface area contributed by atoms with Crippen molar-refractivity contribution in [2.75, 3.05) is 12.5 Å². The van der Waals surface area contributed by atoms with Crippen molar-refractivity contribution in [3.05, 3.63) is 42.5 Å². The zero-order chi connectivity index (χ0) is 11.4. The topological polar surface area (TPSA) is 29.5 Å². The van der Waals surface area contributed by atoms with Crippen LogP contribution < -0.4 is 4.74 Å². The van der Waals surface area contributed by atoms with Gasteiger partial charge < -0.3 is 9.84 Å². The average Bonchev–Trinajstić information content (AvgIpc) is 2.35. The molecule has 0 fully saturated rings. The predicted octanol–water partition coefficient (Wildman–Crippen LogP) is 2.82. The van der Waals surface area contributed by atoms with Gasteiger partial charge >= 0.3 is 0 Å². The smallest absolute Gasteiger partial charge is 0.127 e. The van der Waals surface area contributed by atoms with Gasteiger partial charge in [-0.15, -0.1) is 11.6 Å². The molecule has 0 spiro atoms. The molecule has 0 bridgehead atoms. The van der Waals surface area contributed by atoms with Crippen LogP contribution in [0.2, 0.25) is 0 Å². The number of alkyl halides is 1. The molecule has 16 heavy (non-hydrogen) atoms. The summed E-state index contributed by atoms with van der Waals surface area (Å²) in [6.45, 7) is 0.220. The van der Waals surface area contributed by atoms with Crippen LogP contribution in [0.1, 0.15) is 0 Å². The lowest BCUT2D eigenvalue weighted by Gasteiger charge is -2.11. The minimum atomic E-state index is -0.624. The molecule has 0 amide bonds. The summed E-state index contributed by atoms with van der Waals surface area (Å²) in [6.07, 6.45) is -0.624. The van der Waals surface area contributed by atoms with E-state index in [-0.39, 0.29) is 12.5 Å². The van der Waals surface area contributed by atoms with Crippen molar-refractivity contribution in [2.24, 2.45) is 0 Å². The van der Waals surface area contributed by atoms with Gasteiger partial charge in [0.1, 0.15) is 18.5 Å². The Hall–Kier alpha value is -1.25. The quantitative estimate of drug-likeness (QED) is 0.828. The number of benzene rings is 2. The molecule has 0 radical (unpaired) electrons. The molecule has 0 aliphatic carbocycles. The van der Waals surface area contributed by atoms with Gasteiger partial charge in [-0.3, -0.25) is 0 Å². The van der Waals surface area contributed by atoms with Crippen LogP contribution in [-0.4, -0.2) is 23.7 Å². The van der Waals surface area contributed by atoms with Crippen molar-refractivity contribution in [2.45, 2.75) is 6.10 Å². The van der Waals surface area contributed by atoms with Crippen molar-refractivity contribution in [3.8, 4) is 5.75 Å². The highest BCUT2D eigenvalue weighted by molar-refractivity contribution is 6.18. The number of aliphatic hydroxyl groups excluding tert-OH is 1. The molecule has 0 aromatic heterocycles. The van der Waals surface area contributed by atoms with E-state index in [0.29, 0.717) is 0 Å². The molecule has 2 aromatic rings. The van der Waals surface area contributed by atoms with E-state index in [4.69, 9.17) is 16.3 Å². The molecule has 0 aliphatic heterocycles. The summed E-state index contributed by atoms with van der Waals surface area (Å²) in [5.41, 5.74) is 0. The van der Waals surface area contributed by atoms with Gasteiger partial charge in [0.2, 0.25) is 0 Å². The van der Waals surface area contributed by atoms with Gasteiger partial charge in [0.05, 0.1) is 5.88 Å². The van der Waals surface area contributed by atoms with Gasteiger partial charge in [0.25, 0.3) is 0 Å². The Morgan fingerprint density at radius 2 is 1.88 bits per heavy atom. The Balaban J connectivity index is 2.23. The molecule has 3 heteroatoms. The van der Waals surface area contributed by atoms with E-state index in [0.717, 1.165) is 16.5 Å². The van der Waals surface area contributed by atoms with E-state index in [1.54, 1.807) is 0 Å². The van der Waals surface area contributed by atoms with Crippen molar-refractivity contribution < 1.29 is 9.84 Å². The zero-order valence-corrected chi connectivity index (χ0v) is 9.52. The van der Waals surface area contributed by atoms with E-state index >= 15 is 0 Å². The van der Waals surface area contributed by atoms with Crippen LogP contribution in [0.25, 0.3) is 10.8 Å². The van der Waals surface area contributed by atoms with E-state index in [9.17, 15) is 5.11 Å². The van der Waals surface area contributed by atoms with Gasteiger partial charge in [0.15, 0.2) is 0 Å². The number of rotatable bonds is 4. The van der Waals surface area contributed by atoms with Crippen LogP contribution >= 0.6 is 11.6 Å². The molecule has 2 aromatic carbocycles. The summed E-state index contributed by atoms with van der Waals surface area (Å²) in [6, 6.07) is 13.8. The van der Waals surface area contributed by atoms with E-state index in [1.165, 1.54) is 0 Å². The van der Waals surface area contributed by atoms with Crippen LogP contribution in [0.5, 0.6) is 5.75 Å². The van der Waals surface area contributed by atoms with E-state index < -0.39 is 6.10 Å². The van der Waals surface area contributed by atoms with Crippen LogP contribution in [0.4, 0.5) is 0 Å². The van der Waals surface area contributed by atoms with Crippen molar-refractivity contribution in [1.29, 1.82) is 0 Å². The summed E-state index contributed by atoms with van der Waals surface area (Å²) in [5.74, 6) is 0.965. The lowest BCUT2D eigenvalue weighted by atomic mass is 10.1. The van der Waals surface area contributed by atoms with Crippen molar-refractivity contribution in [1.82, 2.24) is 0 Å². The van der Waals surface area contributed by atoms with Gasteiger partial charge in [-0.05, 0) is 11.5 Å². The van der Waals surface area contributed by atoms with Crippen LogP contribution in [0.15, 0.2) is 42.5 Å². The van der Waals surface area contributed by atoms with E-state index in [1.807, 2.05) is 42.5 Å². The maximum Gasteiger partial charge on any atom is 0.127 e. The van der Waals surface area contributed by atoms with Crippen LogP contribution in [0, 0.1) is 0 Å². The summed E-state index contributed by atoms with van der Waals surface area (Å²) in [5, 5.41) is 11.5. The normalized spacial score (nSPS) is 12.6. The Bertz CT molecular complexity index is 465. The summed E-state index contributed by atoms with van der Waals surface area (Å²) in [4.78, 5) is 0. The van der Waals surface area contributed by atoms with Gasteiger partial charge in [0, 0.05) is 5.39 Å². The maximum atomic E-state index is 9.33. The fourth-order valence-electron chi connectivity index (χ4n) is 1.55. The Kier molecular flexibility index (Phi) is 3.65. The second-order valence-electron chi connectivity index (χ2n) is 3.60. The maximum absolute atomic E-state index is 9.33. The molecule has 1 atom stereocenters. The Morgan fingerprint density at radius 1 is 1.12 bits per heavy atom. The third kappa shape index (κ3) is 2.46. The van der Waals surface area contributed by atoms with Gasteiger partial charge in [-0.2, -0.15) is 0 Å². The Morgan fingerprint density at radius 3 is 2.69 bits per heavy atom. The fraction of sp³-hybridized carbons (Fsp3) is 0.231. The van der Waals surface area contributed by atoms with Crippen LogP contribution in [-0.2, 0) is 0 Å². The minimum Gasteiger partial charge on any atom is -0.490 e. The average molecular weight is 237 g/mol. The fourth-order valence-corrected chi connectivity index (χ4v) is 1.64. The molecular formula is C13H13ClO2. The van der Waals surface area contributed by atoms with Crippen molar-refractivity contribution >= 4 is 22.4 Å². The van der Waals surface area contributed by atoms with Gasteiger partial charge in [-0.25, -0.2) is 0 Å². The van der Waals surface area contributed by atoms with Crippen molar-refractivity contribution in [3.63, 3.8) is 0 Å². The molecule has 84 valence electrons. The molecule has 2 rings (SSSR count). The lowest BCUT2D eigenvalue weighted by Crippen LogP contribution is -2.18. The molecule has 2 nitrogen and oxygen atoms in total. The number of ether oxygens (including phenoxy) is 1. The molecule has 0 unspecified atom stereocenters. The first-order valence-electron chi connectivity index (χ1n) is 5.16. The molecule has 1 N–H and O–H groups in total. The summed E-state index contributed by atoms with van der Waals surface area (Å²) >= 11 is 5.51. The second kappa shape index (κ2) is 5.19. The highest BCUT2D eigenvalue weighted by Crippen LogP contribution is 2.25. The highest BCUT2D eigenvalue weighted by Gasteiger charge is 2.05. The molecule has 0 aliphatic rings. The van der Waals surface area contributed by atoms with Crippen LogP contribution in [0.3, 0.4) is 0 Å². The highest BCUT2D eigenvalue weighted by atomic mass is 35.5. The third-order valence-corrected chi connectivity index (χ3v) is 2.72. The molecule has 0 heterocycles. The van der Waals surface area contributed by atoms with E-state index in [2.05, 4.69) is 0 Å². The number of hydrogen-bond acceptors (Lipinski definition) is 2. The molecule has 0 saturated heterocycles. The first-order valence-corrected chi connectivity index (χ1v) is 5.69. The predicted molar refractivity (Wildman–Crippen MR) is 66.2 cm³/mol. The monoisotopic (exact) mass is 236 g/mol. The largest absolute Gasteiger partial charge is 0.490 e. The van der Waals surface area contributed by atoms with Gasteiger partial charge in [-0.1, -0.05) is 36.4 Å². The summed E-state index contributed by atoms with van der Waals surface area (Å²) in [7, 11) is 0. The second-order valence-corrected chi connectivity index (χ2v) is 3.91. The minimum absolute atomic E-state index is 0.185. The zero-order valence-electron chi connectivity index (χ0n) is 8.77.